The molecule has 4 saturated heterocycles. The molecule has 20 nitrogen and oxygen atoms in total. The number of carbonyl (C=O) groups is 8. The van der Waals surface area contributed by atoms with E-state index in [-0.39, 0.29) is 60.4 Å². The lowest BCUT2D eigenvalue weighted by Crippen LogP contribution is -2.63. The quantitative estimate of drug-likeness (QED) is 0.131. The predicted molar refractivity (Wildman–Crippen MR) is 271 cm³/mol. The fourth-order valence-electron chi connectivity index (χ4n) is 10.8. The number of alkyl halides is 3. The molecule has 1 saturated carbocycles. The molecule has 7 rings (SSSR count). The molecule has 6 aliphatic rings. The largest absolute Gasteiger partial charge is 0.495 e. The number of benzene rings is 1. The van der Waals surface area contributed by atoms with Crippen LogP contribution in [-0.2, 0) is 63.8 Å². The average molecular weight is 1130 g/mol. The number of thioether (sulfide) groups is 1. The van der Waals surface area contributed by atoms with Crippen LogP contribution < -0.4 is 15.0 Å². The van der Waals surface area contributed by atoms with Crippen LogP contribution in [0.25, 0.3) is 0 Å². The number of anilines is 1. The first-order valence-corrected chi connectivity index (χ1v) is 27.0. The van der Waals surface area contributed by atoms with Crippen molar-refractivity contribution in [1.82, 2.24) is 20.2 Å². The number of likely N-dealkylation sites (tertiary alicyclic amines) is 1. The summed E-state index contributed by atoms with van der Waals surface area (Å²) in [6.07, 6.45) is -4.81. The number of imide groups is 2. The number of hydrogen-bond acceptors (Lipinski definition) is 17. The number of likely N-dealkylation sites (N-methyl/N-ethyl adjacent to an activating group) is 1. The smallest absolute Gasteiger partial charge is 0.409 e. The summed E-state index contributed by atoms with van der Waals surface area (Å²) >= 11 is 7.70. The Morgan fingerprint density at radius 1 is 1.03 bits per heavy atom. The van der Waals surface area contributed by atoms with Gasteiger partial charge < -0.3 is 38.5 Å². The molecule has 25 heteroatoms. The monoisotopic (exact) mass is 1130 g/mol. The molecule has 0 spiro atoms. The molecule has 0 aromatic heterocycles. The lowest BCUT2D eigenvalue weighted by Gasteiger charge is -2.42. The maximum atomic E-state index is 15.0. The molecule has 5 fully saturated rings. The number of nitrogens with zero attached hydrogens (tertiary/aromatic N) is 4. The summed E-state index contributed by atoms with van der Waals surface area (Å²) in [7, 11) is 5.36. The van der Waals surface area contributed by atoms with Crippen LogP contribution in [0.5, 0.6) is 5.75 Å². The van der Waals surface area contributed by atoms with Gasteiger partial charge in [-0.05, 0) is 95.7 Å². The number of nitrogens with one attached hydrogen (secondary N) is 1. The Bertz CT molecular complexity index is 2530. The van der Waals surface area contributed by atoms with Crippen molar-refractivity contribution in [1.29, 1.82) is 0 Å². The fraction of sp³-hybridized carbons (Fsp3) is 0.654. The number of aliphatic hydroxyl groups is 1. The van der Waals surface area contributed by atoms with Gasteiger partial charge in [-0.1, -0.05) is 42.3 Å². The van der Waals surface area contributed by atoms with Crippen LogP contribution in [0.3, 0.4) is 0 Å². The molecule has 77 heavy (non-hydrogen) atoms. The van der Waals surface area contributed by atoms with Crippen LogP contribution >= 0.6 is 23.4 Å². The molecule has 6 amide bonds. The van der Waals surface area contributed by atoms with E-state index in [1.165, 1.54) is 33.1 Å². The molecule has 2 N–H and O–H groups in total. The van der Waals surface area contributed by atoms with E-state index in [0.29, 0.717) is 42.7 Å². The zero-order valence-electron chi connectivity index (χ0n) is 44.2. The van der Waals surface area contributed by atoms with Crippen molar-refractivity contribution < 1.29 is 85.2 Å². The highest BCUT2D eigenvalue weighted by atomic mass is 35.5. The van der Waals surface area contributed by atoms with Crippen LogP contribution in [0.2, 0.25) is 5.02 Å². The number of alkyl carbamates (subject to hydrolysis) is 1. The summed E-state index contributed by atoms with van der Waals surface area (Å²) in [5.74, 6) is -6.03. The van der Waals surface area contributed by atoms with E-state index >= 15 is 0 Å². The SMILES string of the molecule is COc1cc2cc(c1Cl)N(C)C(=O)C[C@H](OC(=O)[C@H](C)N(C)C(CCSC1CC(=O)N(C[C@H]3CC[C@H](C(=O)ON4C(=O)CCC4=O)CC3)C1=O)C(F)(F)F)[C@]1(C)O[C@H]1[C@H](C)[C@@H]1C[C@@](O)(NC(=O)O1)[C@H](OC)/C=C/C=C(\C)C2. The van der Waals surface area contributed by atoms with Gasteiger partial charge >= 0.3 is 24.2 Å². The Morgan fingerprint density at radius 3 is 2.34 bits per heavy atom. The number of methoxy groups -OCH3 is 2. The minimum atomic E-state index is -4.88. The van der Waals surface area contributed by atoms with E-state index < -0.39 is 131 Å². The number of allylic oxidation sites excluding steroid dienone is 3. The van der Waals surface area contributed by atoms with E-state index in [1.54, 1.807) is 44.2 Å². The van der Waals surface area contributed by atoms with E-state index in [1.807, 2.05) is 6.92 Å². The average Bonchev–Trinajstić information content (AvgIpc) is 3.97. The van der Waals surface area contributed by atoms with Crippen molar-refractivity contribution in [2.45, 2.75) is 158 Å². The maximum absolute atomic E-state index is 15.0. The number of hydrogen-bond donors (Lipinski definition) is 2. The Morgan fingerprint density at radius 2 is 1.70 bits per heavy atom. The number of halogens is 4. The van der Waals surface area contributed by atoms with Gasteiger partial charge in [0.2, 0.25) is 17.7 Å². The van der Waals surface area contributed by atoms with Crippen LogP contribution in [0.4, 0.5) is 23.7 Å². The number of rotatable bonds is 14. The molecule has 424 valence electrons. The number of fused-ring (bicyclic) bond motifs is 5. The summed E-state index contributed by atoms with van der Waals surface area (Å²) in [4.78, 5) is 113. The second-order valence-electron chi connectivity index (χ2n) is 21.0. The summed E-state index contributed by atoms with van der Waals surface area (Å²) in [5, 5.41) is 14.0. The lowest BCUT2D eigenvalue weighted by atomic mass is 9.82. The van der Waals surface area contributed by atoms with E-state index in [0.717, 1.165) is 34.2 Å². The molecule has 1 aromatic carbocycles. The maximum Gasteiger partial charge on any atom is 0.409 e. The van der Waals surface area contributed by atoms with Gasteiger partial charge in [-0.3, -0.25) is 43.9 Å². The van der Waals surface area contributed by atoms with Crippen molar-refractivity contribution in [2.24, 2.45) is 17.8 Å². The zero-order chi connectivity index (χ0) is 56.5. The minimum absolute atomic E-state index is 0.0375. The lowest BCUT2D eigenvalue weighted by molar-refractivity contribution is -0.201. The van der Waals surface area contributed by atoms with Gasteiger partial charge in [0, 0.05) is 52.3 Å². The molecule has 5 heterocycles. The van der Waals surface area contributed by atoms with Crippen molar-refractivity contribution in [3.8, 4) is 5.75 Å². The summed E-state index contributed by atoms with van der Waals surface area (Å²) in [5.41, 5.74) is -1.63. The summed E-state index contributed by atoms with van der Waals surface area (Å²) in [6, 6.07) is -0.381. The number of esters is 1. The van der Waals surface area contributed by atoms with Gasteiger partial charge in [-0.25, -0.2) is 9.59 Å². The third kappa shape index (κ3) is 13.3. The number of amides is 6. The van der Waals surface area contributed by atoms with Crippen LogP contribution in [0, 0.1) is 17.8 Å². The predicted octanol–water partition coefficient (Wildman–Crippen LogP) is 5.58. The Kier molecular flexibility index (Phi) is 18.5. The highest BCUT2D eigenvalue weighted by Crippen LogP contribution is 2.49. The molecule has 4 bridgehead atoms. The normalized spacial score (nSPS) is 32.2. The highest BCUT2D eigenvalue weighted by Gasteiger charge is 2.65. The fourth-order valence-corrected chi connectivity index (χ4v) is 12.3. The minimum Gasteiger partial charge on any atom is -0.495 e. The van der Waals surface area contributed by atoms with Gasteiger partial charge in [-0.15, -0.1) is 16.8 Å². The molecular weight excluding hydrogens is 1060 g/mol. The van der Waals surface area contributed by atoms with Crippen LogP contribution in [-0.4, -0.2) is 167 Å². The zero-order valence-corrected chi connectivity index (χ0v) is 45.8. The number of hydroxylamine groups is 2. The van der Waals surface area contributed by atoms with Gasteiger partial charge in [0.05, 0.1) is 36.5 Å². The van der Waals surface area contributed by atoms with Gasteiger partial charge in [0.25, 0.3) is 11.8 Å². The summed E-state index contributed by atoms with van der Waals surface area (Å²) < 4.78 is 74.1. The first kappa shape index (κ1) is 59.4. The van der Waals surface area contributed by atoms with Crippen molar-refractivity contribution in [3.63, 3.8) is 0 Å². The first-order valence-electron chi connectivity index (χ1n) is 25.6. The molecule has 1 aliphatic carbocycles. The second kappa shape index (κ2) is 24.0. The number of carbonyl (C=O) groups excluding carboxylic acids is 8. The number of epoxide rings is 1. The summed E-state index contributed by atoms with van der Waals surface area (Å²) in [6.45, 7) is 6.41. The van der Waals surface area contributed by atoms with Crippen LogP contribution in [0.15, 0.2) is 35.9 Å². The Balaban J connectivity index is 1.03. The van der Waals surface area contributed by atoms with Crippen molar-refractivity contribution in [2.75, 3.05) is 45.5 Å². The molecular formula is C52H67ClF3N5O15S. The molecule has 5 aliphatic heterocycles. The van der Waals surface area contributed by atoms with Crippen LogP contribution in [0.1, 0.15) is 97.5 Å². The first-order chi connectivity index (χ1) is 36.2. The van der Waals surface area contributed by atoms with E-state index in [9.17, 15) is 56.6 Å². The van der Waals surface area contributed by atoms with Gasteiger partial charge in [0.15, 0.2) is 5.72 Å². The topological polar surface area (TPSA) is 240 Å². The second-order valence-corrected chi connectivity index (χ2v) is 22.7. The molecule has 2 unspecified atom stereocenters. The Hall–Kier alpha value is -5.27. The molecule has 0 radical (unpaired) electrons. The third-order valence-electron chi connectivity index (χ3n) is 15.8. The van der Waals surface area contributed by atoms with E-state index in [4.69, 9.17) is 40.1 Å². The van der Waals surface area contributed by atoms with Crippen molar-refractivity contribution >= 4 is 76.6 Å². The third-order valence-corrected chi connectivity index (χ3v) is 17.4. The molecule has 10 atom stereocenters. The van der Waals surface area contributed by atoms with Gasteiger partial charge in [-0.2, -0.15) is 13.2 Å². The highest BCUT2D eigenvalue weighted by molar-refractivity contribution is 8.00. The Labute approximate surface area is 453 Å². The van der Waals surface area contributed by atoms with Gasteiger partial charge in [0.1, 0.15) is 46.8 Å². The van der Waals surface area contributed by atoms with Crippen molar-refractivity contribution in [3.05, 3.63) is 46.5 Å². The number of ether oxygens (including phenoxy) is 5. The standard InChI is InChI=1S/C52H67ClF3N5O15S/c1-27-10-9-11-38(72-8)51(70)25-35(73-49(69)57-51)28(2)45-50(4,75-45)39(24-42(64)59(6)33-21-31(20-27)22-34(71-7)44(33)53)74-47(67)29(3)58(5)37(52(54,55)56)18-19-77-36-23-43(65)60(46(36)66)26-30-12-14-32(15-13-30)48(68)76-61-40(62)16-17-41(61)63/h9-11,21-22,28-30,32,35-39,45,70H,12-20,23-26H2,1-8H3,(H,57,69)/b11-9+,27-10+/t28-,29+,30-,32-,35+,36?,37?,38-,39+,45+,50+,51+/m1/s1. The molecule has 1 aromatic rings. The van der Waals surface area contributed by atoms with E-state index in [2.05, 4.69) is 5.32 Å².